The molecule has 10 nitrogen and oxygen atoms in total. The monoisotopic (exact) mass is 433 g/mol. The largest absolute Gasteiger partial charge is 0.322 e. The third-order valence-corrected chi connectivity index (χ3v) is 4.69. The van der Waals surface area contributed by atoms with Crippen molar-refractivity contribution in [1.82, 2.24) is 0 Å². The van der Waals surface area contributed by atoms with Gasteiger partial charge in [-0.3, -0.25) is 30.4 Å². The molecule has 0 aliphatic rings. The maximum Gasteiger partial charge on any atom is 0.294 e. The Labute approximate surface area is 182 Å². The summed E-state index contributed by atoms with van der Waals surface area (Å²) < 4.78 is 0. The number of amides is 1. The molecule has 0 saturated heterocycles. The Morgan fingerprint density at radius 3 is 2.16 bits per heavy atom. The topological polar surface area (TPSA) is 140 Å². The number of rotatable bonds is 7. The molecule has 0 aliphatic carbocycles. The second kappa shape index (κ2) is 9.47. The highest BCUT2D eigenvalue weighted by Gasteiger charge is 2.18. The Bertz CT molecular complexity index is 1220. The SMILES string of the molecule is C/C(=N/Nc1ccc(C(=O)Nc2ccccc2C)cc1[N+](=O)[O-])c1ccc([N+](=O)[O-])cc1. The minimum absolute atomic E-state index is 0.0512. The Hall–Kier alpha value is -4.60. The molecular weight excluding hydrogens is 414 g/mol. The van der Waals surface area contributed by atoms with Crippen LogP contribution in [-0.4, -0.2) is 21.5 Å². The number of hydrazone groups is 1. The lowest BCUT2D eigenvalue weighted by molar-refractivity contribution is -0.384. The van der Waals surface area contributed by atoms with Gasteiger partial charge >= 0.3 is 0 Å². The number of nitrogens with one attached hydrogen (secondary N) is 2. The average Bonchev–Trinajstić information content (AvgIpc) is 2.78. The Morgan fingerprint density at radius 1 is 0.875 bits per heavy atom. The smallest absolute Gasteiger partial charge is 0.294 e. The summed E-state index contributed by atoms with van der Waals surface area (Å²) in [6.45, 7) is 3.50. The minimum atomic E-state index is -0.608. The molecule has 0 spiro atoms. The van der Waals surface area contributed by atoms with Crippen LogP contribution in [0.2, 0.25) is 0 Å². The van der Waals surface area contributed by atoms with E-state index in [0.717, 1.165) is 5.56 Å². The molecule has 0 fully saturated rings. The zero-order valence-corrected chi connectivity index (χ0v) is 17.2. The summed E-state index contributed by atoms with van der Waals surface area (Å²) in [4.78, 5) is 33.7. The normalized spacial score (nSPS) is 11.0. The zero-order valence-electron chi connectivity index (χ0n) is 17.2. The van der Waals surface area contributed by atoms with Gasteiger partial charge in [-0.05, 0) is 55.3 Å². The number of non-ortho nitro benzene ring substituents is 1. The molecule has 3 aromatic carbocycles. The maximum absolute atomic E-state index is 12.5. The average molecular weight is 433 g/mol. The number of anilines is 2. The summed E-state index contributed by atoms with van der Waals surface area (Å²) >= 11 is 0. The fourth-order valence-electron chi connectivity index (χ4n) is 2.86. The van der Waals surface area contributed by atoms with Gasteiger partial charge in [-0.2, -0.15) is 5.10 Å². The van der Waals surface area contributed by atoms with Gasteiger partial charge in [0.05, 0.1) is 15.6 Å². The van der Waals surface area contributed by atoms with Crippen molar-refractivity contribution in [3.8, 4) is 0 Å². The Morgan fingerprint density at radius 2 is 1.53 bits per heavy atom. The van der Waals surface area contributed by atoms with Gasteiger partial charge in [0.2, 0.25) is 0 Å². The van der Waals surface area contributed by atoms with Gasteiger partial charge in [-0.1, -0.05) is 18.2 Å². The Balaban J connectivity index is 1.80. The number of carbonyl (C=O) groups is 1. The highest BCUT2D eigenvalue weighted by atomic mass is 16.6. The van der Waals surface area contributed by atoms with Crippen LogP contribution < -0.4 is 10.7 Å². The first-order valence-electron chi connectivity index (χ1n) is 9.47. The second-order valence-electron chi connectivity index (χ2n) is 6.87. The first-order chi connectivity index (χ1) is 15.3. The van der Waals surface area contributed by atoms with Crippen molar-refractivity contribution in [2.24, 2.45) is 5.10 Å². The van der Waals surface area contributed by atoms with Crippen LogP contribution in [-0.2, 0) is 0 Å². The third kappa shape index (κ3) is 5.11. The van der Waals surface area contributed by atoms with Crippen LogP contribution in [0.5, 0.6) is 0 Å². The first-order valence-corrected chi connectivity index (χ1v) is 9.47. The van der Waals surface area contributed by atoms with E-state index in [2.05, 4.69) is 15.8 Å². The molecular formula is C22H19N5O5. The van der Waals surface area contributed by atoms with Crippen molar-refractivity contribution in [2.45, 2.75) is 13.8 Å². The third-order valence-electron chi connectivity index (χ3n) is 4.69. The predicted octanol–water partition coefficient (Wildman–Crippen LogP) is 4.90. The van der Waals surface area contributed by atoms with E-state index in [1.165, 1.54) is 42.5 Å². The van der Waals surface area contributed by atoms with Gasteiger partial charge in [0.15, 0.2) is 0 Å². The summed E-state index contributed by atoms with van der Waals surface area (Å²) in [5, 5.41) is 29.2. The van der Waals surface area contributed by atoms with E-state index < -0.39 is 15.8 Å². The van der Waals surface area contributed by atoms with Crippen LogP contribution in [0.3, 0.4) is 0 Å². The zero-order chi connectivity index (χ0) is 23.3. The van der Waals surface area contributed by atoms with Crippen LogP contribution in [0.15, 0.2) is 71.8 Å². The number of hydrogen-bond donors (Lipinski definition) is 2. The number of nitro benzene ring substituents is 2. The summed E-state index contributed by atoms with van der Waals surface area (Å²) in [7, 11) is 0. The number of nitrogens with zero attached hydrogens (tertiary/aromatic N) is 3. The van der Waals surface area contributed by atoms with Crippen LogP contribution >= 0.6 is 0 Å². The summed E-state index contributed by atoms with van der Waals surface area (Å²) in [6.07, 6.45) is 0. The molecule has 0 unspecified atom stereocenters. The molecule has 3 rings (SSSR count). The van der Waals surface area contributed by atoms with Gasteiger partial charge in [0.1, 0.15) is 5.69 Å². The number of nitro groups is 2. The van der Waals surface area contributed by atoms with Crippen LogP contribution in [0.1, 0.15) is 28.4 Å². The fraction of sp³-hybridized carbons (Fsp3) is 0.0909. The standard InChI is InChI=1S/C22H19N5O5/c1-14-5-3-4-6-19(14)23-22(28)17-9-12-20(21(13-17)27(31)32)25-24-15(2)16-7-10-18(11-8-16)26(29)30/h3-13,25H,1-2H3,(H,23,28)/b24-15-. The number of carbonyl (C=O) groups excluding carboxylic acids is 1. The van der Waals surface area contributed by atoms with E-state index in [1.807, 2.05) is 19.1 Å². The van der Waals surface area contributed by atoms with E-state index in [1.54, 1.807) is 19.1 Å². The molecule has 0 radical (unpaired) electrons. The van der Waals surface area contributed by atoms with Crippen molar-refractivity contribution in [3.05, 3.63) is 104 Å². The first kappa shape index (κ1) is 22.1. The Kier molecular flexibility index (Phi) is 6.54. The molecule has 2 N–H and O–H groups in total. The quantitative estimate of drug-likeness (QED) is 0.308. The molecule has 0 bridgehead atoms. The molecule has 32 heavy (non-hydrogen) atoms. The lowest BCUT2D eigenvalue weighted by atomic mass is 10.1. The molecule has 10 heteroatoms. The number of hydrogen-bond acceptors (Lipinski definition) is 7. The molecule has 0 aromatic heterocycles. The van der Waals surface area contributed by atoms with Crippen molar-refractivity contribution >= 4 is 34.4 Å². The number of aryl methyl sites for hydroxylation is 1. The molecule has 0 aliphatic heterocycles. The van der Waals surface area contributed by atoms with E-state index in [-0.39, 0.29) is 22.6 Å². The summed E-state index contributed by atoms with van der Waals surface area (Å²) in [5.41, 5.74) is 5.06. The maximum atomic E-state index is 12.5. The number of benzene rings is 3. The fourth-order valence-corrected chi connectivity index (χ4v) is 2.86. The molecule has 0 atom stereocenters. The summed E-state index contributed by atoms with van der Waals surface area (Å²) in [6, 6.07) is 17.0. The number of para-hydroxylation sites is 1. The summed E-state index contributed by atoms with van der Waals surface area (Å²) in [5.74, 6) is -0.473. The molecule has 1 amide bonds. The van der Waals surface area contributed by atoms with Gasteiger partial charge in [0.25, 0.3) is 17.3 Å². The minimum Gasteiger partial charge on any atom is -0.322 e. The van der Waals surface area contributed by atoms with Crippen molar-refractivity contribution in [2.75, 3.05) is 10.7 Å². The van der Waals surface area contributed by atoms with Crippen molar-refractivity contribution in [3.63, 3.8) is 0 Å². The van der Waals surface area contributed by atoms with E-state index in [4.69, 9.17) is 0 Å². The van der Waals surface area contributed by atoms with Gasteiger partial charge in [-0.15, -0.1) is 0 Å². The van der Waals surface area contributed by atoms with Gasteiger partial charge in [-0.25, -0.2) is 0 Å². The molecule has 0 saturated carbocycles. The van der Waals surface area contributed by atoms with E-state index in [0.29, 0.717) is 17.0 Å². The van der Waals surface area contributed by atoms with Crippen LogP contribution in [0.4, 0.5) is 22.7 Å². The molecule has 162 valence electrons. The van der Waals surface area contributed by atoms with E-state index in [9.17, 15) is 25.0 Å². The highest BCUT2D eigenvalue weighted by molar-refractivity contribution is 6.05. The van der Waals surface area contributed by atoms with Gasteiger partial charge < -0.3 is 5.32 Å². The lowest BCUT2D eigenvalue weighted by Gasteiger charge is -2.09. The van der Waals surface area contributed by atoms with E-state index >= 15 is 0 Å². The molecule has 0 heterocycles. The van der Waals surface area contributed by atoms with Crippen molar-refractivity contribution in [1.29, 1.82) is 0 Å². The predicted molar refractivity (Wildman–Crippen MR) is 121 cm³/mol. The lowest BCUT2D eigenvalue weighted by Crippen LogP contribution is -2.13. The van der Waals surface area contributed by atoms with Crippen molar-refractivity contribution < 1.29 is 14.6 Å². The molecule has 3 aromatic rings. The second-order valence-corrected chi connectivity index (χ2v) is 6.87. The van der Waals surface area contributed by atoms with Crippen LogP contribution in [0.25, 0.3) is 0 Å². The van der Waals surface area contributed by atoms with Crippen LogP contribution in [0, 0.1) is 27.2 Å². The highest BCUT2D eigenvalue weighted by Crippen LogP contribution is 2.26. The van der Waals surface area contributed by atoms with Gasteiger partial charge in [0, 0.05) is 29.4 Å².